The number of carboxylic acid groups (broad SMARTS) is 1. The molecule has 22 heavy (non-hydrogen) atoms. The normalized spacial score (nSPS) is 10.4. The number of hydrogen-bond donors (Lipinski definition) is 1. The molecule has 1 aromatic rings. The van der Waals surface area contributed by atoms with E-state index in [9.17, 15) is 9.59 Å². The first kappa shape index (κ1) is 18.0. The van der Waals surface area contributed by atoms with Crippen LogP contribution in [0, 0.1) is 13.8 Å². The minimum atomic E-state index is -0.856. The fourth-order valence-electron chi connectivity index (χ4n) is 2.43. The average Bonchev–Trinajstić information content (AvgIpc) is 2.47. The molecular formula is C17H26N2O3. The highest BCUT2D eigenvalue weighted by Gasteiger charge is 2.18. The van der Waals surface area contributed by atoms with Crippen molar-refractivity contribution in [3.8, 4) is 0 Å². The van der Waals surface area contributed by atoms with Crippen molar-refractivity contribution in [1.29, 1.82) is 0 Å². The van der Waals surface area contributed by atoms with Crippen molar-refractivity contribution in [2.24, 2.45) is 0 Å². The number of aryl methyl sites for hydroxylation is 1. The van der Waals surface area contributed by atoms with Crippen molar-refractivity contribution in [3.63, 3.8) is 0 Å². The van der Waals surface area contributed by atoms with E-state index in [1.165, 1.54) is 0 Å². The summed E-state index contributed by atoms with van der Waals surface area (Å²) in [7, 11) is 0. The van der Waals surface area contributed by atoms with Gasteiger partial charge in [-0.1, -0.05) is 12.1 Å². The molecule has 0 aliphatic rings. The van der Waals surface area contributed by atoms with E-state index < -0.39 is 5.97 Å². The molecule has 1 aromatic carbocycles. The maximum atomic E-state index is 12.4. The predicted octanol–water partition coefficient (Wildman–Crippen LogP) is 2.45. The Balaban J connectivity index is 3.00. The Morgan fingerprint density at radius 1 is 1.14 bits per heavy atom. The van der Waals surface area contributed by atoms with Gasteiger partial charge in [-0.25, -0.2) is 0 Å². The van der Waals surface area contributed by atoms with Gasteiger partial charge in [0.25, 0.3) is 0 Å². The molecule has 5 nitrogen and oxygen atoms in total. The molecule has 0 saturated carbocycles. The maximum Gasteiger partial charge on any atom is 0.305 e. The highest BCUT2D eigenvalue weighted by Crippen LogP contribution is 2.23. The van der Waals surface area contributed by atoms with Gasteiger partial charge in [-0.3, -0.25) is 9.59 Å². The molecule has 0 spiro atoms. The molecule has 1 N–H and O–H groups in total. The number of rotatable bonds is 8. The lowest BCUT2D eigenvalue weighted by atomic mass is 10.1. The standard InChI is InChI=1S/C17H26N2O3/c1-5-18(6-2)16(20)12-19(11-10-17(21)22)15-9-7-8-13(3)14(15)4/h7-9H,5-6,10-12H2,1-4H3,(H,21,22). The number of nitrogens with zero attached hydrogens (tertiary/aromatic N) is 2. The van der Waals surface area contributed by atoms with Crippen molar-refractivity contribution in [3.05, 3.63) is 29.3 Å². The number of likely N-dealkylation sites (N-methyl/N-ethyl adjacent to an activating group) is 1. The lowest BCUT2D eigenvalue weighted by Gasteiger charge is -2.29. The lowest BCUT2D eigenvalue weighted by Crippen LogP contribution is -2.41. The number of hydrogen-bond acceptors (Lipinski definition) is 3. The minimum Gasteiger partial charge on any atom is -0.481 e. The maximum absolute atomic E-state index is 12.4. The summed E-state index contributed by atoms with van der Waals surface area (Å²) in [6.07, 6.45) is 0.0128. The minimum absolute atomic E-state index is 0.0128. The van der Waals surface area contributed by atoms with Crippen LogP contribution in [0.25, 0.3) is 0 Å². The van der Waals surface area contributed by atoms with E-state index in [1.54, 1.807) is 4.90 Å². The molecule has 5 heteroatoms. The molecule has 0 radical (unpaired) electrons. The molecule has 1 amide bonds. The van der Waals surface area contributed by atoms with Crippen LogP contribution in [0.2, 0.25) is 0 Å². The smallest absolute Gasteiger partial charge is 0.305 e. The number of anilines is 1. The van der Waals surface area contributed by atoms with Gasteiger partial charge in [-0.2, -0.15) is 0 Å². The molecule has 0 bridgehead atoms. The molecule has 0 aromatic heterocycles. The van der Waals surface area contributed by atoms with Crippen molar-refractivity contribution in [1.82, 2.24) is 4.90 Å². The fraction of sp³-hybridized carbons (Fsp3) is 0.529. The van der Waals surface area contributed by atoms with E-state index in [0.29, 0.717) is 19.6 Å². The van der Waals surface area contributed by atoms with E-state index in [0.717, 1.165) is 16.8 Å². The molecule has 0 saturated heterocycles. The SMILES string of the molecule is CCN(CC)C(=O)CN(CCC(=O)O)c1cccc(C)c1C. The van der Waals surface area contributed by atoms with Crippen LogP contribution in [0.5, 0.6) is 0 Å². The average molecular weight is 306 g/mol. The quantitative estimate of drug-likeness (QED) is 0.801. The summed E-state index contributed by atoms with van der Waals surface area (Å²) < 4.78 is 0. The molecule has 0 aliphatic heterocycles. The van der Waals surface area contributed by atoms with Crippen molar-refractivity contribution in [2.45, 2.75) is 34.1 Å². The van der Waals surface area contributed by atoms with Crippen LogP contribution in [0.15, 0.2) is 18.2 Å². The van der Waals surface area contributed by atoms with E-state index >= 15 is 0 Å². The summed E-state index contributed by atoms with van der Waals surface area (Å²) in [4.78, 5) is 26.9. The van der Waals surface area contributed by atoms with Gasteiger partial charge >= 0.3 is 5.97 Å². The zero-order valence-electron chi connectivity index (χ0n) is 13.9. The zero-order chi connectivity index (χ0) is 16.7. The number of carboxylic acids is 1. The van der Waals surface area contributed by atoms with Crippen LogP contribution in [0.1, 0.15) is 31.4 Å². The van der Waals surface area contributed by atoms with Gasteiger partial charge in [0.2, 0.25) is 5.91 Å². The highest BCUT2D eigenvalue weighted by atomic mass is 16.4. The van der Waals surface area contributed by atoms with Crippen LogP contribution in [-0.2, 0) is 9.59 Å². The van der Waals surface area contributed by atoms with Gasteiger partial charge in [0.1, 0.15) is 0 Å². The first-order valence-electron chi connectivity index (χ1n) is 7.71. The Bertz CT molecular complexity index is 525. The monoisotopic (exact) mass is 306 g/mol. The Morgan fingerprint density at radius 3 is 2.32 bits per heavy atom. The van der Waals surface area contributed by atoms with E-state index in [2.05, 4.69) is 0 Å². The van der Waals surface area contributed by atoms with Crippen LogP contribution in [-0.4, -0.2) is 48.1 Å². The molecule has 0 aliphatic carbocycles. The second-order valence-electron chi connectivity index (χ2n) is 5.35. The van der Waals surface area contributed by atoms with Crippen molar-refractivity contribution >= 4 is 17.6 Å². The number of benzene rings is 1. The third-order valence-electron chi connectivity index (χ3n) is 3.95. The third kappa shape index (κ3) is 4.76. The van der Waals surface area contributed by atoms with Gasteiger partial charge in [0.05, 0.1) is 13.0 Å². The Hall–Kier alpha value is -2.04. The highest BCUT2D eigenvalue weighted by molar-refractivity contribution is 5.82. The third-order valence-corrected chi connectivity index (χ3v) is 3.95. The van der Waals surface area contributed by atoms with Crippen molar-refractivity contribution in [2.75, 3.05) is 31.1 Å². The van der Waals surface area contributed by atoms with Gasteiger partial charge in [0.15, 0.2) is 0 Å². The first-order valence-corrected chi connectivity index (χ1v) is 7.71. The number of carbonyl (C=O) groups excluding carboxylic acids is 1. The molecule has 0 atom stereocenters. The number of carbonyl (C=O) groups is 2. The molecular weight excluding hydrogens is 280 g/mol. The van der Waals surface area contributed by atoms with Crippen LogP contribution in [0.4, 0.5) is 5.69 Å². The molecule has 0 unspecified atom stereocenters. The Morgan fingerprint density at radius 2 is 1.77 bits per heavy atom. The summed E-state index contributed by atoms with van der Waals surface area (Å²) in [6, 6.07) is 5.90. The van der Waals surface area contributed by atoms with Gasteiger partial charge in [0, 0.05) is 25.3 Å². The van der Waals surface area contributed by atoms with E-state index in [1.807, 2.05) is 50.8 Å². The molecule has 0 fully saturated rings. The second kappa shape index (κ2) is 8.41. The largest absolute Gasteiger partial charge is 0.481 e. The van der Waals surface area contributed by atoms with E-state index in [4.69, 9.17) is 5.11 Å². The molecule has 1 rings (SSSR count). The van der Waals surface area contributed by atoms with Crippen molar-refractivity contribution < 1.29 is 14.7 Å². The fourth-order valence-corrected chi connectivity index (χ4v) is 2.43. The van der Waals surface area contributed by atoms with Gasteiger partial charge < -0.3 is 14.9 Å². The molecule has 0 heterocycles. The first-order chi connectivity index (χ1) is 10.4. The Labute approximate surface area is 132 Å². The number of amides is 1. The van der Waals surface area contributed by atoms with Crippen LogP contribution >= 0.6 is 0 Å². The lowest BCUT2D eigenvalue weighted by molar-refractivity contribution is -0.137. The predicted molar refractivity (Wildman–Crippen MR) is 88.3 cm³/mol. The Kier molecular flexibility index (Phi) is 6.89. The number of aliphatic carboxylic acids is 1. The summed E-state index contributed by atoms with van der Waals surface area (Å²) in [5, 5.41) is 8.95. The van der Waals surface area contributed by atoms with Crippen LogP contribution < -0.4 is 4.90 Å². The summed E-state index contributed by atoms with van der Waals surface area (Å²) in [5.74, 6) is -0.832. The van der Waals surface area contributed by atoms with Crippen LogP contribution in [0.3, 0.4) is 0 Å². The zero-order valence-corrected chi connectivity index (χ0v) is 13.9. The summed E-state index contributed by atoms with van der Waals surface area (Å²) in [6.45, 7) is 9.76. The van der Waals surface area contributed by atoms with Gasteiger partial charge in [-0.05, 0) is 44.9 Å². The van der Waals surface area contributed by atoms with E-state index in [-0.39, 0.29) is 18.9 Å². The topological polar surface area (TPSA) is 60.9 Å². The van der Waals surface area contributed by atoms with Gasteiger partial charge in [-0.15, -0.1) is 0 Å². The second-order valence-corrected chi connectivity index (χ2v) is 5.35. The molecule has 122 valence electrons. The summed E-state index contributed by atoms with van der Waals surface area (Å²) >= 11 is 0. The summed E-state index contributed by atoms with van der Waals surface area (Å²) in [5.41, 5.74) is 3.15.